The summed E-state index contributed by atoms with van der Waals surface area (Å²) < 4.78 is 8.51. The molecular formula is C50H63Br2ClN8. The van der Waals surface area contributed by atoms with Crippen LogP contribution in [0.25, 0.3) is 44.7 Å². The molecule has 0 aliphatic rings. The second-order valence-corrected chi connectivity index (χ2v) is 18.7. The Morgan fingerprint density at radius 2 is 1.16 bits per heavy atom. The number of aromatic nitrogens is 5. The van der Waals surface area contributed by atoms with Crippen molar-refractivity contribution < 1.29 is 0 Å². The number of nitriles is 1. The maximum atomic E-state index is 9.88. The molecule has 0 fully saturated rings. The van der Waals surface area contributed by atoms with Crippen LogP contribution in [0, 0.1) is 30.6 Å². The van der Waals surface area contributed by atoms with Gasteiger partial charge in [0.05, 0.1) is 5.52 Å². The predicted molar refractivity (Wildman–Crippen MR) is 265 cm³/mol. The fourth-order valence-corrected chi connectivity index (χ4v) is 9.86. The molecular weight excluding hydrogens is 908 g/mol. The van der Waals surface area contributed by atoms with Crippen LogP contribution in [0.2, 0.25) is 0 Å². The molecule has 0 saturated heterocycles. The van der Waals surface area contributed by atoms with Crippen LogP contribution >= 0.6 is 44.3 Å². The Hall–Kier alpha value is -4.17. The van der Waals surface area contributed by atoms with E-state index >= 15 is 0 Å². The summed E-state index contributed by atoms with van der Waals surface area (Å²) in [4.78, 5) is 9.74. The minimum atomic E-state index is 0. The van der Waals surface area contributed by atoms with Crippen molar-refractivity contribution in [2.45, 2.75) is 145 Å². The number of hydrogen-bond acceptors (Lipinski definition) is 5. The molecule has 0 saturated carbocycles. The Morgan fingerprint density at radius 1 is 0.672 bits per heavy atom. The highest BCUT2D eigenvalue weighted by atomic mass is 79.9. The van der Waals surface area contributed by atoms with Gasteiger partial charge in [0.25, 0.3) is 0 Å². The van der Waals surface area contributed by atoms with Crippen LogP contribution in [0.3, 0.4) is 0 Å². The van der Waals surface area contributed by atoms with Gasteiger partial charge < -0.3 is 9.88 Å². The van der Waals surface area contributed by atoms with E-state index in [2.05, 4.69) is 163 Å². The summed E-state index contributed by atoms with van der Waals surface area (Å²) in [6.45, 7) is 21.7. The molecule has 7 aromatic rings. The third-order valence-electron chi connectivity index (χ3n) is 11.6. The molecule has 5 heterocycles. The zero-order chi connectivity index (χ0) is 43.4. The van der Waals surface area contributed by atoms with Gasteiger partial charge in [0.2, 0.25) is 0 Å². The molecule has 0 radical (unpaired) electrons. The highest BCUT2D eigenvalue weighted by Crippen LogP contribution is 2.38. The fourth-order valence-electron chi connectivity index (χ4n) is 8.63. The number of halogens is 3. The van der Waals surface area contributed by atoms with Crippen molar-refractivity contribution in [3.63, 3.8) is 0 Å². The van der Waals surface area contributed by atoms with E-state index in [4.69, 9.17) is 15.4 Å². The van der Waals surface area contributed by atoms with Crippen molar-refractivity contribution in [2.75, 3.05) is 5.32 Å². The van der Waals surface area contributed by atoms with Crippen molar-refractivity contribution in [2.24, 2.45) is 0 Å². The van der Waals surface area contributed by atoms with Gasteiger partial charge in [0.15, 0.2) is 5.49 Å². The van der Waals surface area contributed by atoms with Crippen LogP contribution < -0.4 is 10.8 Å². The third kappa shape index (κ3) is 9.90. The van der Waals surface area contributed by atoms with Crippen LogP contribution in [0.5, 0.6) is 0 Å². The van der Waals surface area contributed by atoms with E-state index in [1.165, 1.54) is 11.1 Å². The van der Waals surface area contributed by atoms with Gasteiger partial charge in [-0.2, -0.15) is 5.26 Å². The molecule has 0 amide bonds. The van der Waals surface area contributed by atoms with Gasteiger partial charge in [-0.05, 0) is 97.9 Å². The smallest absolute Gasteiger partial charge is 0.151 e. The average Bonchev–Trinajstić information content (AvgIpc) is 3.85. The van der Waals surface area contributed by atoms with E-state index in [0.717, 1.165) is 122 Å². The molecule has 5 aromatic heterocycles. The Morgan fingerprint density at radius 3 is 1.64 bits per heavy atom. The molecule has 0 aliphatic carbocycles. The normalized spacial score (nSPS) is 11.7. The number of fused-ring (bicyclic) bond motifs is 1. The zero-order valence-corrected chi connectivity index (χ0v) is 41.6. The molecule has 0 aliphatic heterocycles. The minimum absolute atomic E-state index is 0. The van der Waals surface area contributed by atoms with Gasteiger partial charge in [-0.15, -0.1) is 12.4 Å². The molecule has 324 valence electrons. The molecule has 8 nitrogen and oxygen atoms in total. The summed E-state index contributed by atoms with van der Waals surface area (Å²) >= 11 is 7.54. The molecule has 0 atom stereocenters. The van der Waals surface area contributed by atoms with Gasteiger partial charge in [-0.3, -0.25) is 14.2 Å². The van der Waals surface area contributed by atoms with Gasteiger partial charge in [-0.25, -0.2) is 9.97 Å². The van der Waals surface area contributed by atoms with Gasteiger partial charge in [-0.1, -0.05) is 137 Å². The number of nitrogens with one attached hydrogen (secondary N) is 2. The monoisotopic (exact) mass is 968 g/mol. The summed E-state index contributed by atoms with van der Waals surface area (Å²) in [5.74, 6) is 1.89. The van der Waals surface area contributed by atoms with E-state index < -0.39 is 0 Å². The van der Waals surface area contributed by atoms with E-state index in [0.29, 0.717) is 35.1 Å². The van der Waals surface area contributed by atoms with Gasteiger partial charge in [0, 0.05) is 55.7 Å². The highest BCUT2D eigenvalue weighted by molar-refractivity contribution is 9.11. The molecule has 2 aromatic carbocycles. The first kappa shape index (κ1) is 47.9. The number of benzene rings is 2. The zero-order valence-electron chi connectivity index (χ0n) is 37.6. The lowest BCUT2D eigenvalue weighted by Crippen LogP contribution is -2.21. The SMILES string of the molecule is CCCC(CCC)Nc1cc(C)nc2c(-c3ccc(C(C)C)cc3Br)cc(C#N)n12.CCCC(CCC)n1c(=N)c2cc(-c3ccc(C(C)C)cc3Br)c3nc(C)cc1n32.Cl. The molecule has 2 N–H and O–H groups in total. The first-order valence-electron chi connectivity index (χ1n) is 22.0. The largest absolute Gasteiger partial charge is 0.368 e. The maximum Gasteiger partial charge on any atom is 0.151 e. The second-order valence-electron chi connectivity index (χ2n) is 17.0. The summed E-state index contributed by atoms with van der Waals surface area (Å²) in [5.41, 5.74) is 13.8. The standard InChI is InChI=1S/2C25H31BrN4.ClH/c1-6-8-18(9-7-2)29-23-12-16(5)28-25-20(14-22(24(29)27)30(23)25)19-11-10-17(15(3)4)13-21(19)26;1-6-8-19(9-7-2)29-24-12-17(5)28-25-22(14-20(15-27)30(24)25)21-11-10-18(16(3)4)13-23(21)26;/h10-15,18,27H,6-9H2,1-5H3;10-14,16,19,29H,6-9H2,1-5H3;1H. The first-order valence-corrected chi connectivity index (χ1v) is 23.6. The summed E-state index contributed by atoms with van der Waals surface area (Å²) in [5, 5.41) is 22.6. The Labute approximate surface area is 385 Å². The molecule has 7 rings (SSSR count). The quantitative estimate of drug-likeness (QED) is 0.107. The molecule has 11 heteroatoms. The average molecular weight is 971 g/mol. The van der Waals surface area contributed by atoms with E-state index in [1.807, 2.05) is 23.5 Å². The lowest BCUT2D eigenvalue weighted by Gasteiger charge is -2.20. The van der Waals surface area contributed by atoms with Crippen LogP contribution in [-0.2, 0) is 0 Å². The number of aryl methyl sites for hydroxylation is 2. The summed E-state index contributed by atoms with van der Waals surface area (Å²) in [6, 6.07) is 24.5. The number of imidazole rings is 1. The molecule has 0 unspecified atom stereocenters. The minimum Gasteiger partial charge on any atom is -0.368 e. The number of hydrogen-bond donors (Lipinski definition) is 2. The van der Waals surface area contributed by atoms with Crippen molar-refractivity contribution in [1.82, 2.24) is 23.3 Å². The highest BCUT2D eigenvalue weighted by Gasteiger charge is 2.24. The van der Waals surface area contributed by atoms with Crippen molar-refractivity contribution in [3.8, 4) is 28.3 Å². The topological polar surface area (TPSA) is 99.2 Å². The summed E-state index contributed by atoms with van der Waals surface area (Å²) in [6.07, 6.45) is 8.90. The molecule has 61 heavy (non-hydrogen) atoms. The van der Waals surface area contributed by atoms with Crippen molar-refractivity contribution in [3.05, 3.63) is 103 Å². The number of nitrogens with zero attached hydrogens (tertiary/aromatic N) is 6. The van der Waals surface area contributed by atoms with Crippen LogP contribution in [-0.4, -0.2) is 29.4 Å². The Balaban J connectivity index is 0.000000227. The van der Waals surface area contributed by atoms with E-state index in [1.54, 1.807) is 0 Å². The first-order chi connectivity index (χ1) is 28.8. The second kappa shape index (κ2) is 20.8. The van der Waals surface area contributed by atoms with Crippen molar-refractivity contribution in [1.29, 1.82) is 10.7 Å². The lowest BCUT2D eigenvalue weighted by molar-refractivity contribution is 0.424. The van der Waals surface area contributed by atoms with Crippen LogP contribution in [0.4, 0.5) is 5.82 Å². The summed E-state index contributed by atoms with van der Waals surface area (Å²) in [7, 11) is 0. The van der Waals surface area contributed by atoms with E-state index in [9.17, 15) is 5.26 Å². The van der Waals surface area contributed by atoms with Gasteiger partial charge in [0.1, 0.15) is 34.5 Å². The van der Waals surface area contributed by atoms with Crippen molar-refractivity contribution >= 4 is 72.5 Å². The lowest BCUT2D eigenvalue weighted by atomic mass is 9.99. The predicted octanol–water partition coefficient (Wildman–Crippen LogP) is 15.1. The van der Waals surface area contributed by atoms with Crippen LogP contribution in [0.15, 0.2) is 69.6 Å². The van der Waals surface area contributed by atoms with Gasteiger partial charge >= 0.3 is 0 Å². The Bertz CT molecular complexity index is 2690. The third-order valence-corrected chi connectivity index (χ3v) is 13.0. The maximum absolute atomic E-state index is 9.88. The molecule has 0 bridgehead atoms. The number of anilines is 1. The molecule has 0 spiro atoms. The fraction of sp³-hybridized carbons (Fsp3) is 0.440. The number of rotatable bonds is 15. The van der Waals surface area contributed by atoms with Crippen LogP contribution in [0.1, 0.15) is 153 Å². The Kier molecular flexibility index (Phi) is 16.3. The van der Waals surface area contributed by atoms with E-state index in [-0.39, 0.29) is 12.4 Å².